The molecule has 0 amide bonds. The summed E-state index contributed by atoms with van der Waals surface area (Å²) >= 11 is 10.3. The fourth-order valence-corrected chi connectivity index (χ4v) is 2.85. The molecule has 98 valence electrons. The molecule has 0 radical (unpaired) electrons. The summed E-state index contributed by atoms with van der Waals surface area (Å²) < 4.78 is 7.75. The molecular weight excluding hydrogens is 440 g/mol. The van der Waals surface area contributed by atoms with Crippen LogP contribution in [0.15, 0.2) is 49.8 Å². The molecule has 0 bridgehead atoms. The Balaban J connectivity index is 2.45. The third-order valence-corrected chi connectivity index (χ3v) is 4.23. The van der Waals surface area contributed by atoms with E-state index in [1.807, 2.05) is 30.3 Å². The second kappa shape index (κ2) is 6.20. The smallest absolute Gasteiger partial charge is 0.308 e. The van der Waals surface area contributed by atoms with Gasteiger partial charge in [0, 0.05) is 15.9 Å². The Kier molecular flexibility index (Phi) is 4.81. The van der Waals surface area contributed by atoms with Gasteiger partial charge < -0.3 is 4.74 Å². The van der Waals surface area contributed by atoms with Crippen LogP contribution in [-0.4, -0.2) is 5.97 Å². The van der Waals surface area contributed by atoms with Crippen LogP contribution in [0.4, 0.5) is 0 Å². The van der Waals surface area contributed by atoms with E-state index in [0.29, 0.717) is 5.75 Å². The first-order chi connectivity index (χ1) is 8.97. The topological polar surface area (TPSA) is 26.3 Å². The van der Waals surface area contributed by atoms with Crippen LogP contribution in [0.3, 0.4) is 0 Å². The van der Waals surface area contributed by atoms with Crippen LogP contribution in [-0.2, 0) is 4.79 Å². The summed E-state index contributed by atoms with van der Waals surface area (Å²) in [5, 5.41) is 0. The van der Waals surface area contributed by atoms with E-state index in [4.69, 9.17) is 4.74 Å². The minimum Gasteiger partial charge on any atom is -0.425 e. The van der Waals surface area contributed by atoms with Gasteiger partial charge >= 0.3 is 5.97 Å². The van der Waals surface area contributed by atoms with Gasteiger partial charge in [-0.25, -0.2) is 0 Å². The zero-order chi connectivity index (χ0) is 14.0. The fourth-order valence-electron chi connectivity index (χ4n) is 1.61. The highest BCUT2D eigenvalue weighted by Gasteiger charge is 2.11. The quantitative estimate of drug-likeness (QED) is 0.443. The van der Waals surface area contributed by atoms with Gasteiger partial charge in [-0.1, -0.05) is 44.0 Å². The van der Waals surface area contributed by atoms with Crippen LogP contribution in [0.2, 0.25) is 0 Å². The van der Waals surface area contributed by atoms with Crippen molar-refractivity contribution in [3.63, 3.8) is 0 Å². The Hall–Kier alpha value is -0.650. The van der Waals surface area contributed by atoms with Gasteiger partial charge in [0.2, 0.25) is 0 Å². The van der Waals surface area contributed by atoms with Crippen LogP contribution >= 0.6 is 47.8 Å². The van der Waals surface area contributed by atoms with Crippen molar-refractivity contribution in [2.45, 2.75) is 6.92 Å². The lowest BCUT2D eigenvalue weighted by molar-refractivity contribution is -0.131. The van der Waals surface area contributed by atoms with Gasteiger partial charge in [0.15, 0.2) is 0 Å². The van der Waals surface area contributed by atoms with Gasteiger partial charge in [0.05, 0.1) is 4.47 Å². The molecular formula is C14H9Br3O2. The number of benzene rings is 2. The minimum atomic E-state index is -0.344. The second-order valence-corrected chi connectivity index (χ2v) is 6.49. The molecule has 0 aromatic heterocycles. The molecule has 19 heavy (non-hydrogen) atoms. The van der Waals surface area contributed by atoms with Crippen molar-refractivity contribution in [3.05, 3.63) is 49.8 Å². The van der Waals surface area contributed by atoms with Gasteiger partial charge in [-0.2, -0.15) is 0 Å². The minimum absolute atomic E-state index is 0.344. The first-order valence-electron chi connectivity index (χ1n) is 5.41. The molecule has 0 unspecified atom stereocenters. The van der Waals surface area contributed by atoms with Gasteiger partial charge in [-0.05, 0) is 51.3 Å². The molecule has 0 aliphatic carbocycles. The molecule has 0 aliphatic heterocycles. The average molecular weight is 449 g/mol. The molecule has 5 heteroatoms. The number of halogens is 3. The highest BCUT2D eigenvalue weighted by atomic mass is 79.9. The summed E-state index contributed by atoms with van der Waals surface area (Å²) in [6.07, 6.45) is 0. The van der Waals surface area contributed by atoms with E-state index < -0.39 is 0 Å². The molecule has 0 heterocycles. The molecule has 0 saturated heterocycles. The Bertz CT molecular complexity index is 621. The van der Waals surface area contributed by atoms with E-state index >= 15 is 0 Å². The number of carbonyl (C=O) groups excluding carboxylic acids is 1. The van der Waals surface area contributed by atoms with E-state index in [9.17, 15) is 4.79 Å². The largest absolute Gasteiger partial charge is 0.425 e. The number of carbonyl (C=O) groups is 1. The van der Waals surface area contributed by atoms with E-state index in [0.717, 1.165) is 24.5 Å². The van der Waals surface area contributed by atoms with Crippen LogP contribution in [0.25, 0.3) is 11.1 Å². The van der Waals surface area contributed by atoms with E-state index in [1.54, 1.807) is 6.07 Å². The maximum atomic E-state index is 11.0. The Labute approximate surface area is 136 Å². The molecule has 0 saturated carbocycles. The summed E-state index contributed by atoms with van der Waals surface area (Å²) in [5.41, 5.74) is 2.10. The molecule has 0 aliphatic rings. The first kappa shape index (κ1) is 14.8. The monoisotopic (exact) mass is 446 g/mol. The van der Waals surface area contributed by atoms with Crippen molar-refractivity contribution in [2.24, 2.45) is 0 Å². The highest BCUT2D eigenvalue weighted by Crippen LogP contribution is 2.37. The molecule has 2 rings (SSSR count). The molecule has 2 aromatic carbocycles. The zero-order valence-electron chi connectivity index (χ0n) is 9.91. The number of rotatable bonds is 2. The number of hydrogen-bond acceptors (Lipinski definition) is 2. The van der Waals surface area contributed by atoms with Gasteiger partial charge in [-0.3, -0.25) is 4.79 Å². The van der Waals surface area contributed by atoms with Gasteiger partial charge in [0.25, 0.3) is 0 Å². The van der Waals surface area contributed by atoms with Crippen molar-refractivity contribution in [1.29, 1.82) is 0 Å². The molecule has 2 nitrogen and oxygen atoms in total. The third kappa shape index (κ3) is 3.68. The predicted molar refractivity (Wildman–Crippen MR) is 86.3 cm³/mol. The van der Waals surface area contributed by atoms with Gasteiger partial charge in [-0.15, -0.1) is 0 Å². The summed E-state index contributed by atoms with van der Waals surface area (Å²) in [7, 11) is 0. The number of esters is 1. The molecule has 0 atom stereocenters. The summed E-state index contributed by atoms with van der Waals surface area (Å²) in [6.45, 7) is 1.38. The lowest BCUT2D eigenvalue weighted by atomic mass is 10.1. The lowest BCUT2D eigenvalue weighted by Crippen LogP contribution is -2.02. The molecule has 0 N–H and O–H groups in total. The van der Waals surface area contributed by atoms with Crippen molar-refractivity contribution in [2.75, 3.05) is 0 Å². The van der Waals surface area contributed by atoms with Crippen molar-refractivity contribution >= 4 is 53.8 Å². The highest BCUT2D eigenvalue weighted by molar-refractivity contribution is 9.11. The standard InChI is InChI=1S/C14H9Br3O2/c1-8(18)19-14-7-12(16)11(6-13(14)17)9-2-4-10(15)5-3-9/h2-7H,1H3. The predicted octanol–water partition coefficient (Wildman–Crippen LogP) is 5.57. The summed E-state index contributed by atoms with van der Waals surface area (Å²) in [6, 6.07) is 11.7. The molecule has 0 fully saturated rings. The van der Waals surface area contributed by atoms with Crippen molar-refractivity contribution in [1.82, 2.24) is 0 Å². The molecule has 2 aromatic rings. The Morgan fingerprint density at radius 3 is 2.21 bits per heavy atom. The Morgan fingerprint density at radius 1 is 1.00 bits per heavy atom. The van der Waals surface area contributed by atoms with Crippen LogP contribution < -0.4 is 4.74 Å². The Morgan fingerprint density at radius 2 is 1.63 bits per heavy atom. The summed E-state index contributed by atoms with van der Waals surface area (Å²) in [5.74, 6) is 0.157. The third-order valence-electron chi connectivity index (χ3n) is 2.43. The van der Waals surface area contributed by atoms with E-state index in [2.05, 4.69) is 47.8 Å². The van der Waals surface area contributed by atoms with E-state index in [1.165, 1.54) is 6.92 Å². The van der Waals surface area contributed by atoms with Crippen LogP contribution in [0.5, 0.6) is 5.75 Å². The SMILES string of the molecule is CC(=O)Oc1cc(Br)c(-c2ccc(Br)cc2)cc1Br. The maximum Gasteiger partial charge on any atom is 0.308 e. The number of ether oxygens (including phenoxy) is 1. The number of hydrogen-bond donors (Lipinski definition) is 0. The van der Waals surface area contributed by atoms with Crippen molar-refractivity contribution < 1.29 is 9.53 Å². The fraction of sp³-hybridized carbons (Fsp3) is 0.0714. The van der Waals surface area contributed by atoms with Gasteiger partial charge in [0.1, 0.15) is 5.75 Å². The van der Waals surface area contributed by atoms with Crippen LogP contribution in [0, 0.1) is 0 Å². The van der Waals surface area contributed by atoms with Crippen molar-refractivity contribution in [3.8, 4) is 16.9 Å². The normalized spacial score (nSPS) is 10.3. The first-order valence-corrected chi connectivity index (χ1v) is 7.78. The van der Waals surface area contributed by atoms with E-state index in [-0.39, 0.29) is 5.97 Å². The zero-order valence-corrected chi connectivity index (χ0v) is 14.7. The summed E-state index contributed by atoms with van der Waals surface area (Å²) in [4.78, 5) is 11.0. The lowest BCUT2D eigenvalue weighted by Gasteiger charge is -2.10. The molecule has 0 spiro atoms. The second-order valence-electron chi connectivity index (χ2n) is 3.86. The maximum absolute atomic E-state index is 11.0. The average Bonchev–Trinajstić information content (AvgIpc) is 2.34. The van der Waals surface area contributed by atoms with Crippen LogP contribution in [0.1, 0.15) is 6.92 Å².